The van der Waals surface area contributed by atoms with E-state index in [1.54, 1.807) is 19.9 Å². The zero-order valence-corrected chi connectivity index (χ0v) is 13.5. The number of nitrogen functional groups attached to an aromatic ring is 1. The minimum atomic E-state index is -1.15. The van der Waals surface area contributed by atoms with E-state index >= 15 is 0 Å². The first-order valence-electron chi connectivity index (χ1n) is 7.45. The predicted octanol–water partition coefficient (Wildman–Crippen LogP) is 0.312. The van der Waals surface area contributed by atoms with Crippen LogP contribution in [0.2, 0.25) is 5.15 Å². The summed E-state index contributed by atoms with van der Waals surface area (Å²) in [5.74, 6) is 0.780. The van der Waals surface area contributed by atoms with Gasteiger partial charge in [0.1, 0.15) is 6.23 Å². The number of hydrogen-bond donors (Lipinski definition) is 3. The molecule has 0 radical (unpaired) electrons. The second-order valence-corrected chi connectivity index (χ2v) is 7.21. The Kier molecular flexibility index (Phi) is 3.92. The first-order valence-corrected chi connectivity index (χ1v) is 7.83. The number of halogens is 1. The number of aliphatic hydroxyl groups is 2. The molecule has 2 bridgehead atoms. The summed E-state index contributed by atoms with van der Waals surface area (Å²) in [4.78, 5) is 4.13. The lowest BCUT2D eigenvalue weighted by atomic mass is 9.99. The van der Waals surface area contributed by atoms with Crippen molar-refractivity contribution in [3.8, 4) is 0 Å². The van der Waals surface area contributed by atoms with E-state index in [9.17, 15) is 10.2 Å². The predicted molar refractivity (Wildman–Crippen MR) is 84.6 cm³/mol. The van der Waals surface area contributed by atoms with Crippen LogP contribution in [-0.2, 0) is 0 Å². The van der Waals surface area contributed by atoms with E-state index in [1.807, 2.05) is 4.90 Å². The fourth-order valence-electron chi connectivity index (χ4n) is 3.52. The van der Waals surface area contributed by atoms with Crippen LogP contribution in [0.3, 0.4) is 0 Å². The summed E-state index contributed by atoms with van der Waals surface area (Å²) in [6.07, 6.45) is 0.134. The molecule has 0 saturated carbocycles. The normalized spacial score (nSPS) is 27.2. The molecule has 122 valence electrons. The van der Waals surface area contributed by atoms with Gasteiger partial charge in [-0.25, -0.2) is 0 Å². The molecular formula is C14H22ClN5O2. The summed E-state index contributed by atoms with van der Waals surface area (Å²) in [6, 6.07) is 1.90. The molecule has 3 heterocycles. The Hall–Kier alpha value is -1.15. The van der Waals surface area contributed by atoms with E-state index in [-0.39, 0.29) is 6.04 Å². The highest BCUT2D eigenvalue weighted by molar-refractivity contribution is 6.29. The topological polar surface area (TPSA) is 98.7 Å². The first kappa shape index (κ1) is 15.7. The highest BCUT2D eigenvalue weighted by Gasteiger charge is 2.45. The van der Waals surface area contributed by atoms with Crippen LogP contribution in [0.1, 0.15) is 20.3 Å². The lowest BCUT2D eigenvalue weighted by molar-refractivity contribution is -0.134. The van der Waals surface area contributed by atoms with Crippen molar-refractivity contribution in [2.24, 2.45) is 5.92 Å². The van der Waals surface area contributed by atoms with Crippen molar-refractivity contribution < 1.29 is 10.2 Å². The van der Waals surface area contributed by atoms with Crippen LogP contribution in [-0.4, -0.2) is 62.8 Å². The van der Waals surface area contributed by atoms with Crippen LogP contribution >= 0.6 is 11.6 Å². The summed E-state index contributed by atoms with van der Waals surface area (Å²) in [5, 5.41) is 28.4. The summed E-state index contributed by atoms with van der Waals surface area (Å²) in [7, 11) is 0. The molecule has 2 fully saturated rings. The van der Waals surface area contributed by atoms with Gasteiger partial charge in [-0.2, -0.15) is 0 Å². The molecule has 2 aliphatic rings. The molecule has 3 atom stereocenters. The van der Waals surface area contributed by atoms with Gasteiger partial charge in [0.15, 0.2) is 11.0 Å². The highest BCUT2D eigenvalue weighted by Crippen LogP contribution is 2.36. The zero-order chi connectivity index (χ0) is 16.1. The molecule has 3 unspecified atom stereocenters. The number of nitrogens with two attached hydrogens (primary N) is 1. The third kappa shape index (κ3) is 2.86. The van der Waals surface area contributed by atoms with Crippen molar-refractivity contribution in [1.82, 2.24) is 15.1 Å². The highest BCUT2D eigenvalue weighted by atomic mass is 35.5. The van der Waals surface area contributed by atoms with Gasteiger partial charge >= 0.3 is 0 Å². The molecule has 8 heteroatoms. The van der Waals surface area contributed by atoms with Crippen LogP contribution in [0, 0.1) is 5.92 Å². The molecule has 3 rings (SSSR count). The smallest absolute Gasteiger partial charge is 0.169 e. The molecule has 2 aliphatic heterocycles. The van der Waals surface area contributed by atoms with E-state index in [0.29, 0.717) is 16.9 Å². The quantitative estimate of drug-likeness (QED) is 0.735. The molecular weight excluding hydrogens is 306 g/mol. The van der Waals surface area contributed by atoms with E-state index in [0.717, 1.165) is 31.7 Å². The maximum absolute atomic E-state index is 10.4. The van der Waals surface area contributed by atoms with Crippen molar-refractivity contribution in [1.29, 1.82) is 0 Å². The van der Waals surface area contributed by atoms with E-state index in [1.165, 1.54) is 0 Å². The van der Waals surface area contributed by atoms with Gasteiger partial charge in [-0.15, -0.1) is 10.2 Å². The minimum Gasteiger partial charge on any atom is -0.386 e. The molecule has 1 aromatic rings. The van der Waals surface area contributed by atoms with Gasteiger partial charge in [-0.05, 0) is 26.2 Å². The minimum absolute atomic E-state index is 0.173. The van der Waals surface area contributed by atoms with Crippen LogP contribution in [0.4, 0.5) is 11.5 Å². The number of fused-ring (bicyclic) bond motifs is 2. The van der Waals surface area contributed by atoms with Crippen LogP contribution in [0.25, 0.3) is 0 Å². The van der Waals surface area contributed by atoms with Gasteiger partial charge in [0, 0.05) is 31.7 Å². The lowest BCUT2D eigenvalue weighted by Gasteiger charge is -2.38. The Morgan fingerprint density at radius 3 is 2.77 bits per heavy atom. The number of rotatable bonds is 3. The number of nitrogens with zero attached hydrogens (tertiary/aromatic N) is 4. The Morgan fingerprint density at radius 2 is 2.09 bits per heavy atom. The van der Waals surface area contributed by atoms with Gasteiger partial charge in [0.2, 0.25) is 0 Å². The molecule has 7 nitrogen and oxygen atoms in total. The molecule has 22 heavy (non-hydrogen) atoms. The Labute approximate surface area is 134 Å². The summed E-state index contributed by atoms with van der Waals surface area (Å²) in [6.45, 7) is 5.57. The number of aromatic nitrogens is 2. The average Bonchev–Trinajstić information content (AvgIpc) is 2.74. The lowest BCUT2D eigenvalue weighted by Crippen LogP contribution is -2.53. The van der Waals surface area contributed by atoms with Gasteiger partial charge in [-0.1, -0.05) is 11.6 Å². The molecule has 0 amide bonds. The summed E-state index contributed by atoms with van der Waals surface area (Å²) < 4.78 is 0. The molecule has 1 aromatic heterocycles. The summed E-state index contributed by atoms with van der Waals surface area (Å²) in [5.41, 5.74) is 5.55. The second kappa shape index (κ2) is 5.49. The van der Waals surface area contributed by atoms with Gasteiger partial charge in [0.25, 0.3) is 0 Å². The molecule has 0 aliphatic carbocycles. The van der Waals surface area contributed by atoms with Crippen molar-refractivity contribution in [3.05, 3.63) is 11.2 Å². The van der Waals surface area contributed by atoms with E-state index < -0.39 is 11.8 Å². The van der Waals surface area contributed by atoms with E-state index in [4.69, 9.17) is 17.3 Å². The largest absolute Gasteiger partial charge is 0.386 e. The van der Waals surface area contributed by atoms with Crippen molar-refractivity contribution in [3.63, 3.8) is 0 Å². The Balaban J connectivity index is 1.80. The average molecular weight is 328 g/mol. The maximum atomic E-state index is 10.4. The van der Waals surface area contributed by atoms with Gasteiger partial charge < -0.3 is 20.8 Å². The number of likely N-dealkylation sites (tertiary alicyclic amines) is 1. The van der Waals surface area contributed by atoms with E-state index in [2.05, 4.69) is 15.1 Å². The van der Waals surface area contributed by atoms with Crippen molar-refractivity contribution in [2.75, 3.05) is 30.3 Å². The monoisotopic (exact) mass is 327 g/mol. The van der Waals surface area contributed by atoms with Gasteiger partial charge in [-0.3, -0.25) is 4.90 Å². The van der Waals surface area contributed by atoms with Gasteiger partial charge in [0.05, 0.1) is 11.3 Å². The van der Waals surface area contributed by atoms with Crippen molar-refractivity contribution in [2.45, 2.75) is 38.1 Å². The number of anilines is 2. The van der Waals surface area contributed by atoms with Crippen LogP contribution in [0.15, 0.2) is 6.07 Å². The summed E-state index contributed by atoms with van der Waals surface area (Å²) >= 11 is 5.92. The zero-order valence-electron chi connectivity index (χ0n) is 12.8. The molecule has 0 spiro atoms. The second-order valence-electron chi connectivity index (χ2n) is 6.82. The molecule has 2 saturated heterocycles. The fraction of sp³-hybridized carbons (Fsp3) is 0.714. The molecule has 0 aromatic carbocycles. The number of hydrogen-bond acceptors (Lipinski definition) is 7. The van der Waals surface area contributed by atoms with Crippen LogP contribution in [0.5, 0.6) is 0 Å². The Bertz CT molecular complexity index is 565. The first-order chi connectivity index (χ1) is 10.3. The number of piperidine rings is 1. The Morgan fingerprint density at radius 1 is 1.36 bits per heavy atom. The number of aliphatic hydroxyl groups excluding tert-OH is 1. The van der Waals surface area contributed by atoms with Crippen molar-refractivity contribution >= 4 is 23.1 Å². The van der Waals surface area contributed by atoms with Crippen LogP contribution < -0.4 is 10.6 Å². The molecule has 4 N–H and O–H groups in total. The standard InChI is InChI=1S/C14H22ClN5O2/c1-14(2,22)13(21)20-6-8-3-9(20)7-19(5-8)10-4-11(15)17-18-12(10)16/h4,8-9,13,21-22H,3,5-7H2,1-2H3,(H2,16,18). The SMILES string of the molecule is CC(C)(O)C(O)N1CC2CC1CN(c1cc(Cl)nnc1N)C2. The maximum Gasteiger partial charge on any atom is 0.169 e. The fourth-order valence-corrected chi connectivity index (χ4v) is 3.66. The third-order valence-corrected chi connectivity index (χ3v) is 4.70. The third-order valence-electron chi connectivity index (χ3n) is 4.51.